The second-order valence-corrected chi connectivity index (χ2v) is 7.98. The van der Waals surface area contributed by atoms with Crippen LogP contribution in [0.2, 0.25) is 0 Å². The van der Waals surface area contributed by atoms with Crippen molar-refractivity contribution in [3.05, 3.63) is 33.7 Å². The third-order valence-corrected chi connectivity index (χ3v) is 5.92. The minimum Gasteiger partial charge on any atom is -0.483 e. The summed E-state index contributed by atoms with van der Waals surface area (Å²) in [4.78, 5) is 38.5. The Hall–Kier alpha value is -2.19. The summed E-state index contributed by atoms with van der Waals surface area (Å²) >= 11 is 0. The zero-order valence-electron chi connectivity index (χ0n) is 16.6. The number of carboxylic acid groups (broad SMARTS) is 1. The maximum Gasteiger partial charge on any atom is 0.290 e. The summed E-state index contributed by atoms with van der Waals surface area (Å²) < 4.78 is 7.84. The van der Waals surface area contributed by atoms with Crippen LogP contribution in [0.25, 0.3) is 0 Å². The lowest BCUT2D eigenvalue weighted by molar-refractivity contribution is -0.125. The van der Waals surface area contributed by atoms with Crippen LogP contribution < -0.4 is 5.56 Å². The molecular weight excluding hydrogens is 362 g/mol. The SMILES string of the molecule is Cc1ccn(C2CC2)c(=O)c1C(=O)N1CCOC2(CCN(C)CC2)C1.O=CO. The van der Waals surface area contributed by atoms with Crippen LogP contribution in [0.5, 0.6) is 0 Å². The van der Waals surface area contributed by atoms with E-state index in [1.165, 1.54) is 0 Å². The van der Waals surface area contributed by atoms with Gasteiger partial charge in [0.1, 0.15) is 5.56 Å². The Morgan fingerprint density at radius 1 is 1.29 bits per heavy atom. The number of amides is 1. The zero-order valence-corrected chi connectivity index (χ0v) is 16.6. The van der Waals surface area contributed by atoms with E-state index in [0.29, 0.717) is 25.3 Å². The molecule has 154 valence electrons. The number of likely N-dealkylation sites (tertiary alicyclic amines) is 1. The van der Waals surface area contributed by atoms with Crippen LogP contribution >= 0.6 is 0 Å². The molecule has 8 heteroatoms. The summed E-state index contributed by atoms with van der Waals surface area (Å²) in [6.45, 7) is 5.29. The van der Waals surface area contributed by atoms with Crippen molar-refractivity contribution < 1.29 is 19.4 Å². The molecule has 1 spiro atoms. The molecule has 28 heavy (non-hydrogen) atoms. The summed E-state index contributed by atoms with van der Waals surface area (Å²) in [5, 5.41) is 6.89. The number of hydrogen-bond acceptors (Lipinski definition) is 5. The summed E-state index contributed by atoms with van der Waals surface area (Å²) in [6, 6.07) is 2.18. The molecule has 3 fully saturated rings. The van der Waals surface area contributed by atoms with Crippen LogP contribution in [-0.4, -0.2) is 77.3 Å². The molecule has 1 aromatic heterocycles. The van der Waals surface area contributed by atoms with Gasteiger partial charge in [-0.25, -0.2) is 0 Å². The van der Waals surface area contributed by atoms with Crippen molar-refractivity contribution in [1.29, 1.82) is 0 Å². The van der Waals surface area contributed by atoms with E-state index < -0.39 is 0 Å². The third kappa shape index (κ3) is 4.28. The highest BCUT2D eigenvalue weighted by atomic mass is 16.5. The second-order valence-electron chi connectivity index (χ2n) is 7.98. The number of pyridine rings is 1. The molecule has 2 saturated heterocycles. The molecule has 1 N–H and O–H groups in total. The quantitative estimate of drug-likeness (QED) is 0.760. The van der Waals surface area contributed by atoms with E-state index in [1.807, 2.05) is 24.1 Å². The van der Waals surface area contributed by atoms with Gasteiger partial charge in [0.15, 0.2) is 0 Å². The fraction of sp³-hybridized carbons (Fsp3) is 0.650. The molecule has 3 aliphatic rings. The van der Waals surface area contributed by atoms with Crippen molar-refractivity contribution in [2.24, 2.45) is 0 Å². The largest absolute Gasteiger partial charge is 0.483 e. The van der Waals surface area contributed by atoms with Gasteiger partial charge in [0.05, 0.1) is 18.8 Å². The molecule has 8 nitrogen and oxygen atoms in total. The first-order valence-corrected chi connectivity index (χ1v) is 9.82. The molecule has 1 aromatic rings. The van der Waals surface area contributed by atoms with E-state index in [-0.39, 0.29) is 29.6 Å². The highest BCUT2D eigenvalue weighted by molar-refractivity contribution is 5.95. The number of carbonyl (C=O) groups is 2. The first-order chi connectivity index (χ1) is 13.4. The molecule has 1 aliphatic carbocycles. The number of morpholine rings is 1. The van der Waals surface area contributed by atoms with Crippen LogP contribution in [-0.2, 0) is 9.53 Å². The summed E-state index contributed by atoms with van der Waals surface area (Å²) in [5.41, 5.74) is 0.755. The maximum atomic E-state index is 13.2. The van der Waals surface area contributed by atoms with Crippen LogP contribution in [0.15, 0.2) is 17.1 Å². The van der Waals surface area contributed by atoms with Gasteiger partial charge in [0.25, 0.3) is 17.9 Å². The van der Waals surface area contributed by atoms with Gasteiger partial charge in [-0.2, -0.15) is 0 Å². The van der Waals surface area contributed by atoms with Crippen molar-refractivity contribution in [2.75, 3.05) is 39.8 Å². The lowest BCUT2D eigenvalue weighted by Gasteiger charge is -2.46. The van der Waals surface area contributed by atoms with E-state index in [4.69, 9.17) is 14.6 Å². The molecular formula is C20H29N3O5. The number of carbonyl (C=O) groups excluding carboxylic acids is 1. The summed E-state index contributed by atoms with van der Waals surface area (Å²) in [5.74, 6) is -0.126. The van der Waals surface area contributed by atoms with Crippen LogP contribution in [0.1, 0.15) is 47.6 Å². The van der Waals surface area contributed by atoms with E-state index in [2.05, 4.69) is 11.9 Å². The Kier molecular flexibility index (Phi) is 6.20. The minimum absolute atomic E-state index is 0.126. The van der Waals surface area contributed by atoms with Gasteiger partial charge in [-0.15, -0.1) is 0 Å². The Balaban J connectivity index is 0.000000706. The topological polar surface area (TPSA) is 92.1 Å². The highest BCUT2D eigenvalue weighted by Gasteiger charge is 2.41. The lowest BCUT2D eigenvalue weighted by atomic mass is 9.89. The molecule has 0 unspecified atom stereocenters. The molecule has 1 amide bonds. The highest BCUT2D eigenvalue weighted by Crippen LogP contribution is 2.34. The van der Waals surface area contributed by atoms with Gasteiger partial charge in [0, 0.05) is 31.9 Å². The number of nitrogens with zero attached hydrogens (tertiary/aromatic N) is 3. The van der Waals surface area contributed by atoms with Gasteiger partial charge in [0.2, 0.25) is 0 Å². The molecule has 0 aromatic carbocycles. The number of hydrogen-bond donors (Lipinski definition) is 1. The Labute approximate surface area is 164 Å². The van der Waals surface area contributed by atoms with Gasteiger partial charge >= 0.3 is 0 Å². The van der Waals surface area contributed by atoms with E-state index in [9.17, 15) is 9.59 Å². The summed E-state index contributed by atoms with van der Waals surface area (Å²) in [7, 11) is 2.12. The minimum atomic E-state index is -0.250. The summed E-state index contributed by atoms with van der Waals surface area (Å²) in [6.07, 6.45) is 5.78. The van der Waals surface area contributed by atoms with Crippen molar-refractivity contribution in [2.45, 2.75) is 44.2 Å². The normalized spacial score (nSPS) is 21.7. The fourth-order valence-electron chi connectivity index (χ4n) is 4.05. The molecule has 3 heterocycles. The Bertz CT molecular complexity index is 779. The second kappa shape index (κ2) is 8.45. The van der Waals surface area contributed by atoms with Crippen molar-refractivity contribution >= 4 is 12.4 Å². The standard InChI is InChI=1S/C19H27N3O3.CH2O2/c1-14-5-8-22(15-3-4-15)18(24)16(14)17(23)21-11-12-25-19(13-21)6-9-20(2)10-7-19;2-1-3/h5,8,15H,3-4,6-7,9-13H2,1-2H3;1H,(H,2,3). The van der Waals surface area contributed by atoms with Gasteiger partial charge < -0.3 is 24.2 Å². The van der Waals surface area contributed by atoms with Gasteiger partial charge in [-0.3, -0.25) is 14.4 Å². The first-order valence-electron chi connectivity index (χ1n) is 9.82. The Morgan fingerprint density at radius 2 is 1.93 bits per heavy atom. The maximum absolute atomic E-state index is 13.2. The predicted molar refractivity (Wildman–Crippen MR) is 104 cm³/mol. The third-order valence-electron chi connectivity index (χ3n) is 5.92. The van der Waals surface area contributed by atoms with Crippen molar-refractivity contribution in [3.8, 4) is 0 Å². The molecule has 0 radical (unpaired) electrons. The lowest BCUT2D eigenvalue weighted by Crippen LogP contribution is -2.58. The average Bonchev–Trinajstić information content (AvgIpc) is 3.50. The number of rotatable bonds is 2. The van der Waals surface area contributed by atoms with Crippen LogP contribution in [0.4, 0.5) is 0 Å². The average molecular weight is 391 g/mol. The van der Waals surface area contributed by atoms with Gasteiger partial charge in [-0.1, -0.05) is 0 Å². The van der Waals surface area contributed by atoms with E-state index in [1.54, 1.807) is 4.57 Å². The molecule has 0 atom stereocenters. The van der Waals surface area contributed by atoms with Crippen LogP contribution in [0.3, 0.4) is 0 Å². The zero-order chi connectivity index (χ0) is 20.3. The molecule has 1 saturated carbocycles. The van der Waals surface area contributed by atoms with Crippen LogP contribution in [0, 0.1) is 6.92 Å². The number of aryl methyl sites for hydroxylation is 1. The number of aromatic nitrogens is 1. The number of piperidine rings is 1. The predicted octanol–water partition coefficient (Wildman–Crippen LogP) is 1.13. The first kappa shape index (κ1) is 20.5. The smallest absolute Gasteiger partial charge is 0.290 e. The van der Waals surface area contributed by atoms with E-state index >= 15 is 0 Å². The van der Waals surface area contributed by atoms with Crippen molar-refractivity contribution in [3.63, 3.8) is 0 Å². The fourth-order valence-corrected chi connectivity index (χ4v) is 4.05. The monoisotopic (exact) mass is 391 g/mol. The molecule has 4 rings (SSSR count). The van der Waals surface area contributed by atoms with E-state index in [0.717, 1.165) is 44.3 Å². The Morgan fingerprint density at radius 3 is 2.54 bits per heavy atom. The molecule has 0 bridgehead atoms. The van der Waals surface area contributed by atoms with Gasteiger partial charge in [-0.05, 0) is 51.3 Å². The number of ether oxygens (including phenoxy) is 1. The van der Waals surface area contributed by atoms with Crippen molar-refractivity contribution in [1.82, 2.24) is 14.4 Å². The molecule has 2 aliphatic heterocycles.